The van der Waals surface area contributed by atoms with Gasteiger partial charge in [-0.1, -0.05) is 17.7 Å². The first-order valence-electron chi connectivity index (χ1n) is 5.34. The van der Waals surface area contributed by atoms with E-state index in [9.17, 15) is 0 Å². The van der Waals surface area contributed by atoms with Gasteiger partial charge in [0.1, 0.15) is 0 Å². The summed E-state index contributed by atoms with van der Waals surface area (Å²) < 4.78 is 1.45. The number of aryl methyl sites for hydroxylation is 2. The van der Waals surface area contributed by atoms with E-state index < -0.39 is 0 Å². The first-order valence-corrected chi connectivity index (χ1v) is 6.22. The van der Waals surface area contributed by atoms with Crippen LogP contribution < -0.4 is 5.32 Å². The first-order chi connectivity index (χ1) is 7.22. The van der Waals surface area contributed by atoms with Crippen LogP contribution in [0.5, 0.6) is 0 Å². The highest BCUT2D eigenvalue weighted by atomic mass is 32.1. The molecule has 80 valence electrons. The summed E-state index contributed by atoms with van der Waals surface area (Å²) in [4.78, 5) is 0. The minimum atomic E-state index is 1.05. The normalized spacial score (nSPS) is 11.1. The second kappa shape index (κ2) is 4.33. The number of benzene rings is 1. The molecule has 1 heterocycles. The molecule has 0 saturated carbocycles. The van der Waals surface area contributed by atoms with Crippen LogP contribution in [0.4, 0.5) is 0 Å². The van der Waals surface area contributed by atoms with Crippen molar-refractivity contribution in [2.75, 3.05) is 13.6 Å². The fraction of sp³-hybridized carbons (Fsp3) is 0.385. The molecular formula is C13H17NS. The van der Waals surface area contributed by atoms with Crippen molar-refractivity contribution in [3.05, 3.63) is 34.2 Å². The summed E-state index contributed by atoms with van der Waals surface area (Å²) in [5.41, 5.74) is 4.26. The van der Waals surface area contributed by atoms with Crippen molar-refractivity contribution in [2.45, 2.75) is 20.3 Å². The third-order valence-corrected chi connectivity index (χ3v) is 3.91. The van der Waals surface area contributed by atoms with Gasteiger partial charge >= 0.3 is 0 Å². The molecule has 0 bridgehead atoms. The molecule has 0 fully saturated rings. The van der Waals surface area contributed by atoms with Crippen LogP contribution in [0, 0.1) is 13.8 Å². The maximum absolute atomic E-state index is 3.20. The molecule has 0 saturated heterocycles. The number of hydrogen-bond acceptors (Lipinski definition) is 2. The highest BCUT2D eigenvalue weighted by Crippen LogP contribution is 2.30. The second-order valence-corrected chi connectivity index (χ2v) is 4.95. The standard InChI is InChI=1S/C13H17NS/c1-9-6-10(2)13-12(7-9)11(8-15-13)4-5-14-3/h6-8,14H,4-5H2,1-3H3. The number of rotatable bonds is 3. The van der Waals surface area contributed by atoms with Gasteiger partial charge in [-0.25, -0.2) is 0 Å². The van der Waals surface area contributed by atoms with Gasteiger partial charge in [-0.15, -0.1) is 11.3 Å². The Kier molecular flexibility index (Phi) is 3.08. The van der Waals surface area contributed by atoms with Gasteiger partial charge in [-0.3, -0.25) is 0 Å². The van der Waals surface area contributed by atoms with E-state index in [-0.39, 0.29) is 0 Å². The molecule has 0 aliphatic heterocycles. The summed E-state index contributed by atoms with van der Waals surface area (Å²) in [7, 11) is 2.01. The van der Waals surface area contributed by atoms with Crippen LogP contribution in [0.2, 0.25) is 0 Å². The minimum Gasteiger partial charge on any atom is -0.319 e. The van der Waals surface area contributed by atoms with Crippen LogP contribution in [0.1, 0.15) is 16.7 Å². The zero-order valence-corrected chi connectivity index (χ0v) is 10.4. The minimum absolute atomic E-state index is 1.05. The van der Waals surface area contributed by atoms with Crippen molar-refractivity contribution < 1.29 is 0 Å². The molecule has 0 aliphatic carbocycles. The number of fused-ring (bicyclic) bond motifs is 1. The van der Waals surface area contributed by atoms with E-state index >= 15 is 0 Å². The molecule has 2 aromatic rings. The highest BCUT2D eigenvalue weighted by molar-refractivity contribution is 7.17. The largest absolute Gasteiger partial charge is 0.319 e. The van der Waals surface area contributed by atoms with Crippen LogP contribution in [-0.2, 0) is 6.42 Å². The average molecular weight is 219 g/mol. The Bertz CT molecular complexity index is 471. The van der Waals surface area contributed by atoms with Gasteiger partial charge in [-0.05, 0) is 55.8 Å². The van der Waals surface area contributed by atoms with Crippen molar-refractivity contribution in [3.63, 3.8) is 0 Å². The molecule has 0 aliphatic rings. The van der Waals surface area contributed by atoms with Gasteiger partial charge in [0.2, 0.25) is 0 Å². The summed E-state index contributed by atoms with van der Waals surface area (Å²) in [6.45, 7) is 5.43. The van der Waals surface area contributed by atoms with E-state index in [1.54, 1.807) is 0 Å². The number of hydrogen-bond donors (Lipinski definition) is 1. The molecular weight excluding hydrogens is 202 g/mol. The van der Waals surface area contributed by atoms with Crippen molar-refractivity contribution >= 4 is 21.4 Å². The summed E-state index contributed by atoms with van der Waals surface area (Å²) in [5.74, 6) is 0. The summed E-state index contributed by atoms with van der Waals surface area (Å²) in [6.07, 6.45) is 1.12. The molecule has 0 unspecified atom stereocenters. The molecule has 0 amide bonds. The van der Waals surface area contributed by atoms with Gasteiger partial charge in [-0.2, -0.15) is 0 Å². The van der Waals surface area contributed by atoms with E-state index in [1.165, 1.54) is 26.8 Å². The van der Waals surface area contributed by atoms with Gasteiger partial charge in [0.15, 0.2) is 0 Å². The molecule has 2 heteroatoms. The SMILES string of the molecule is CNCCc1csc2c(C)cc(C)cc12. The molecule has 15 heavy (non-hydrogen) atoms. The molecule has 0 radical (unpaired) electrons. The van der Waals surface area contributed by atoms with Crippen molar-refractivity contribution in [2.24, 2.45) is 0 Å². The third kappa shape index (κ3) is 2.06. The number of thiophene rings is 1. The fourth-order valence-electron chi connectivity index (χ4n) is 2.00. The highest BCUT2D eigenvalue weighted by Gasteiger charge is 2.06. The van der Waals surface area contributed by atoms with Crippen molar-refractivity contribution in [1.29, 1.82) is 0 Å². The Morgan fingerprint density at radius 2 is 2.07 bits per heavy atom. The van der Waals surface area contributed by atoms with Crippen LogP contribution in [0.15, 0.2) is 17.5 Å². The summed E-state index contributed by atoms with van der Waals surface area (Å²) in [5, 5.41) is 6.96. The lowest BCUT2D eigenvalue weighted by molar-refractivity contribution is 0.796. The lowest BCUT2D eigenvalue weighted by Gasteiger charge is -2.02. The maximum atomic E-state index is 3.20. The Balaban J connectivity index is 2.49. The number of nitrogens with one attached hydrogen (secondary N) is 1. The van der Waals surface area contributed by atoms with E-state index in [1.807, 2.05) is 18.4 Å². The van der Waals surface area contributed by atoms with E-state index in [4.69, 9.17) is 0 Å². The van der Waals surface area contributed by atoms with Gasteiger partial charge < -0.3 is 5.32 Å². The van der Waals surface area contributed by atoms with Crippen LogP contribution >= 0.6 is 11.3 Å². The third-order valence-electron chi connectivity index (χ3n) is 2.73. The quantitative estimate of drug-likeness (QED) is 0.835. The molecule has 0 spiro atoms. The zero-order chi connectivity index (χ0) is 10.8. The Hall–Kier alpha value is -0.860. The van der Waals surface area contributed by atoms with E-state index in [2.05, 4.69) is 36.7 Å². The van der Waals surface area contributed by atoms with Crippen molar-refractivity contribution in [3.8, 4) is 0 Å². The summed E-state index contributed by atoms with van der Waals surface area (Å²) in [6, 6.07) is 4.57. The monoisotopic (exact) mass is 219 g/mol. The van der Waals surface area contributed by atoms with E-state index in [0.717, 1.165) is 13.0 Å². The molecule has 1 aromatic heterocycles. The summed E-state index contributed by atoms with van der Waals surface area (Å²) >= 11 is 1.87. The second-order valence-electron chi connectivity index (χ2n) is 4.07. The molecule has 1 N–H and O–H groups in total. The predicted molar refractivity (Wildman–Crippen MR) is 68.9 cm³/mol. The van der Waals surface area contributed by atoms with Crippen LogP contribution in [0.3, 0.4) is 0 Å². The van der Waals surface area contributed by atoms with E-state index in [0.29, 0.717) is 0 Å². The Morgan fingerprint density at radius 1 is 1.27 bits per heavy atom. The molecule has 0 atom stereocenters. The lowest BCUT2D eigenvalue weighted by Crippen LogP contribution is -2.09. The predicted octanol–water partition coefficient (Wildman–Crippen LogP) is 3.28. The zero-order valence-electron chi connectivity index (χ0n) is 9.55. The fourth-order valence-corrected chi connectivity index (χ4v) is 3.06. The van der Waals surface area contributed by atoms with Crippen molar-refractivity contribution in [1.82, 2.24) is 5.32 Å². The number of likely N-dealkylation sites (N-methyl/N-ethyl adjacent to an activating group) is 1. The first kappa shape index (κ1) is 10.7. The molecule has 1 aromatic carbocycles. The van der Waals surface area contributed by atoms with Gasteiger partial charge in [0.05, 0.1) is 0 Å². The van der Waals surface area contributed by atoms with Gasteiger partial charge in [0, 0.05) is 4.70 Å². The smallest absolute Gasteiger partial charge is 0.0374 e. The Labute approximate surface area is 95.1 Å². The molecule has 1 nitrogen and oxygen atoms in total. The van der Waals surface area contributed by atoms with Crippen LogP contribution in [0.25, 0.3) is 10.1 Å². The lowest BCUT2D eigenvalue weighted by atomic mass is 10.0. The van der Waals surface area contributed by atoms with Crippen LogP contribution in [-0.4, -0.2) is 13.6 Å². The maximum Gasteiger partial charge on any atom is 0.0374 e. The average Bonchev–Trinajstić information content (AvgIpc) is 2.58. The Morgan fingerprint density at radius 3 is 2.80 bits per heavy atom. The molecule has 2 rings (SSSR count). The van der Waals surface area contributed by atoms with Gasteiger partial charge in [0.25, 0.3) is 0 Å². The topological polar surface area (TPSA) is 12.0 Å².